The Balaban J connectivity index is 0.000000292. The summed E-state index contributed by atoms with van der Waals surface area (Å²) in [5.74, 6) is 43.3. The summed E-state index contributed by atoms with van der Waals surface area (Å²) in [7, 11) is 0. The third-order valence-corrected chi connectivity index (χ3v) is 20.6. The molecule has 0 aromatic carbocycles. The number of anilines is 5. The van der Waals surface area contributed by atoms with E-state index in [2.05, 4.69) is 238 Å². The third-order valence-electron chi connectivity index (χ3n) is 20.6. The van der Waals surface area contributed by atoms with Crippen molar-refractivity contribution in [3.05, 3.63) is 168 Å². The number of carbonyl (C=O) groups is 3. The standard InChI is InChI=1S/C17H22N4O2.C16H21N5O.C16H22N4O.C15H21N5.C14H19N3O3.C13H20N4O.C13H19N3O2/c1-10(2)13(22)8-6-5-7-12-9-21(11(3)4)15-14(12)16(23)20-17(18)19-15;1-10(2)16(22)18-7-5-6-12-8-21(11(3)4)15-13(12)14(17)19-9-20-15;1-10(2)7-5-6-8-12-9-20(11(3)4)14-13(12)15(21)19-16(17)18-14;1-10(2)17-7-5-6-12-8-20(11(3)4)15-13(12)14(16)18-9-19-15;1-9(2)12(18)15-7-5-6-11-8-17(10(3)4)14(20)16-13(11)19;1-9(2)15-7-5-6-11-8-17(10(3)4)13(18)16-12(11)14;1-9(2)14-7-5-6-11-8-16(10(3)4)13(18)15-12(11)17/h9-11H,6,8H2,1-4H3,(H3,18,19,20,23);8-11H,7H2,1-4H3,(H,18,22)(H2,17,19,20);9-11H,5,7H2,1-4H3,(H3,17,18,19,21);8-11,17H,7H2,1-4H3,(H2,16,18,19);8-10H,7H2,1-4H3,(H,15,18)(H,16,19,20);8-10,15H,7H2,1-4H3,(H2,14,16,18);8-10,14H,7H2,1-4H3,(H,15,17,18). The molecule has 19 N–H and O–H groups in total. The molecule has 0 unspecified atom stereocenters. The Morgan fingerprint density at radius 1 is 0.317 bits per heavy atom. The highest BCUT2D eigenvalue weighted by Gasteiger charge is 2.21. The second-order valence-electron chi connectivity index (χ2n) is 37.3. The van der Waals surface area contributed by atoms with E-state index in [9.17, 15) is 47.9 Å². The van der Waals surface area contributed by atoms with Crippen molar-refractivity contribution < 1.29 is 14.4 Å². The summed E-state index contributed by atoms with van der Waals surface area (Å²) in [6.07, 6.45) is 18.0. The van der Waals surface area contributed by atoms with E-state index in [1.54, 1.807) is 20.0 Å². The number of fused-ring (bicyclic) bond motifs is 4. The van der Waals surface area contributed by atoms with E-state index in [0.717, 1.165) is 51.6 Å². The van der Waals surface area contributed by atoms with Gasteiger partial charge in [-0.1, -0.05) is 138 Å². The molecular weight excluding hydrogens is 1800 g/mol. The van der Waals surface area contributed by atoms with Crippen molar-refractivity contribution in [1.29, 1.82) is 0 Å². The van der Waals surface area contributed by atoms with E-state index in [-0.39, 0.29) is 118 Å². The van der Waals surface area contributed by atoms with E-state index in [1.165, 1.54) is 38.7 Å². The molecule has 0 radical (unpaired) electrons. The Morgan fingerprint density at radius 2 is 0.620 bits per heavy atom. The van der Waals surface area contributed by atoms with Crippen LogP contribution < -0.4 is 94.6 Å². The molecule has 38 heteroatoms. The number of Topliss-reactive ketones (excluding diaryl/α,β-unsaturated/α-hetero) is 1. The topological polar surface area (TPSA) is 549 Å². The smallest absolute Gasteiger partial charge is 0.349 e. The van der Waals surface area contributed by atoms with Crippen molar-refractivity contribution in [2.24, 2.45) is 23.7 Å². The minimum Gasteiger partial charge on any atom is -0.383 e. The van der Waals surface area contributed by atoms with Gasteiger partial charge < -0.3 is 73.5 Å². The van der Waals surface area contributed by atoms with Gasteiger partial charge in [0.05, 0.1) is 82.1 Å². The molecule has 11 rings (SSSR count). The summed E-state index contributed by atoms with van der Waals surface area (Å²) < 4.78 is 12.3. The Hall–Kier alpha value is -15.3. The highest BCUT2D eigenvalue weighted by Crippen LogP contribution is 2.29. The monoisotopic (exact) mass is 1950 g/mol. The summed E-state index contributed by atoms with van der Waals surface area (Å²) in [5, 5.41) is 17.5. The van der Waals surface area contributed by atoms with Gasteiger partial charge in [-0.25, -0.2) is 34.3 Å². The number of nitrogens with zero attached hydrogens (tertiary/aromatic N) is 14. The molecule has 11 aromatic rings. The van der Waals surface area contributed by atoms with Gasteiger partial charge in [-0.15, -0.1) is 0 Å². The maximum atomic E-state index is 12.2. The van der Waals surface area contributed by atoms with Crippen molar-refractivity contribution in [3.8, 4) is 82.9 Å². The number of carbonyl (C=O) groups excluding carboxylic acids is 3. The summed E-state index contributed by atoms with van der Waals surface area (Å²) in [6.45, 7) is 57.6. The number of nitrogens with two attached hydrogens (primary N) is 5. The Labute approximate surface area is 830 Å². The molecule has 0 atom stereocenters. The average molecular weight is 1950 g/mol. The molecule has 0 bridgehead atoms. The third kappa shape index (κ3) is 36.2. The predicted octanol–water partition coefficient (Wildman–Crippen LogP) is 10.0. The maximum absolute atomic E-state index is 12.2. The van der Waals surface area contributed by atoms with Crippen molar-refractivity contribution in [2.45, 2.75) is 280 Å². The van der Waals surface area contributed by atoms with Crippen LogP contribution in [-0.4, -0.2) is 155 Å². The number of amides is 2. The number of hydrogen-bond donors (Lipinski definition) is 14. The summed E-state index contributed by atoms with van der Waals surface area (Å²) in [6, 6.07) is 1.99. The first-order chi connectivity index (χ1) is 66.8. The van der Waals surface area contributed by atoms with Gasteiger partial charge in [0.2, 0.25) is 23.7 Å². The van der Waals surface area contributed by atoms with Crippen LogP contribution in [0, 0.1) is 107 Å². The van der Waals surface area contributed by atoms with Gasteiger partial charge in [0.1, 0.15) is 58.3 Å². The van der Waals surface area contributed by atoms with Crippen molar-refractivity contribution in [1.82, 2.24) is 113 Å². The normalized spacial score (nSPS) is 10.8. The van der Waals surface area contributed by atoms with Crippen LogP contribution in [0.3, 0.4) is 0 Å². The number of hydrogen-bond acceptors (Lipinski definition) is 25. The molecule has 38 nitrogen and oxygen atoms in total. The maximum Gasteiger partial charge on any atom is 0.349 e. The largest absolute Gasteiger partial charge is 0.383 e. The lowest BCUT2D eigenvalue weighted by atomic mass is 10.0. The molecule has 11 aromatic heterocycles. The van der Waals surface area contributed by atoms with Gasteiger partial charge in [0, 0.05) is 141 Å². The fraction of sp³-hybridized carbons (Fsp3) is 0.490. The second kappa shape index (κ2) is 56.7. The predicted molar refractivity (Wildman–Crippen MR) is 568 cm³/mol. The molecule has 0 fully saturated rings. The summed E-state index contributed by atoms with van der Waals surface area (Å²) in [5.41, 5.74) is 33.1. The van der Waals surface area contributed by atoms with Crippen LogP contribution in [0.2, 0.25) is 0 Å². The van der Waals surface area contributed by atoms with Crippen LogP contribution in [-0.2, 0) is 14.4 Å². The quantitative estimate of drug-likeness (QED) is 0.0280. The van der Waals surface area contributed by atoms with E-state index < -0.39 is 22.5 Å². The van der Waals surface area contributed by atoms with Crippen molar-refractivity contribution in [2.75, 3.05) is 61.4 Å². The molecule has 0 saturated carbocycles. The van der Waals surface area contributed by atoms with Crippen LogP contribution in [0.1, 0.15) is 301 Å². The van der Waals surface area contributed by atoms with Gasteiger partial charge in [-0.05, 0) is 151 Å². The minimum absolute atomic E-state index is 0.0105. The van der Waals surface area contributed by atoms with E-state index in [4.69, 9.17) is 28.7 Å². The Bertz CT molecular complexity index is 7120. The lowest BCUT2D eigenvalue weighted by Crippen LogP contribution is -2.32. The molecule has 0 aliphatic rings. The fourth-order valence-corrected chi connectivity index (χ4v) is 12.7. The van der Waals surface area contributed by atoms with Crippen LogP contribution in [0.4, 0.5) is 29.4 Å². The zero-order valence-corrected chi connectivity index (χ0v) is 87.4. The highest BCUT2D eigenvalue weighted by atomic mass is 16.2. The molecule has 0 aliphatic heterocycles. The van der Waals surface area contributed by atoms with E-state index in [0.29, 0.717) is 119 Å². The molecule has 0 saturated heterocycles. The molecule has 760 valence electrons. The molecular formula is C104H144N28O10. The molecule has 0 spiro atoms. The van der Waals surface area contributed by atoms with Gasteiger partial charge in [0.15, 0.2) is 11.3 Å². The zero-order valence-electron chi connectivity index (χ0n) is 87.4. The first kappa shape index (κ1) is 117. The van der Waals surface area contributed by atoms with Crippen molar-refractivity contribution in [3.63, 3.8) is 0 Å². The molecule has 11 heterocycles. The lowest BCUT2D eigenvalue weighted by Gasteiger charge is -2.09. The van der Waals surface area contributed by atoms with Gasteiger partial charge >= 0.3 is 17.1 Å². The number of aromatic amines is 4. The molecule has 2 amide bonds. The lowest BCUT2D eigenvalue weighted by molar-refractivity contribution is -0.124. The number of ketones is 1. The number of aromatic nitrogens is 18. The number of rotatable bonds is 22. The van der Waals surface area contributed by atoms with Crippen molar-refractivity contribution >= 4 is 91.1 Å². The first-order valence-electron chi connectivity index (χ1n) is 47.6. The summed E-state index contributed by atoms with van der Waals surface area (Å²) >= 11 is 0. The van der Waals surface area contributed by atoms with E-state index >= 15 is 0 Å². The zero-order chi connectivity index (χ0) is 106. The Kier molecular flexibility index (Phi) is 46.8. The number of nitrogen functional groups attached to an aromatic ring is 5. The molecule has 142 heavy (non-hydrogen) atoms. The van der Waals surface area contributed by atoms with E-state index in [1.807, 2.05) is 149 Å². The van der Waals surface area contributed by atoms with Gasteiger partial charge in [0.25, 0.3) is 22.2 Å². The first-order valence-corrected chi connectivity index (χ1v) is 47.6. The van der Waals surface area contributed by atoms with Crippen LogP contribution >= 0.6 is 0 Å². The fourth-order valence-electron chi connectivity index (χ4n) is 12.7. The second-order valence-corrected chi connectivity index (χ2v) is 37.3. The number of H-pyrrole nitrogens is 4. The minimum atomic E-state index is -0.519. The average Bonchev–Trinajstić information content (AvgIpc) is 1.66. The SMILES string of the molecule is CC(C)C(=O)CCC#Cc1cn(C(C)C)c2nc(N)[nH]c(=O)c12.CC(C)C(=O)NCC#Cc1cn(C(C)C)c(=O)[nH]c1=O.CC(C)C(=O)NCC#Cc1cn(C(C)C)c2ncnc(N)c12.CC(C)CCC#Cc1cn(C(C)C)c2nc(N)[nH]c(=O)c12.CC(C)NCC#Cc1cn(C(C)C)c(=O)[nH]c1=O.CC(C)NCC#Cc1cn(C(C)C)c(=O)nc1N.CC(C)NCC#Cc1cn(C(C)C)c2ncnc(N)c12. The van der Waals surface area contributed by atoms with Gasteiger partial charge in [-0.3, -0.25) is 67.2 Å². The molecule has 0 aliphatic carbocycles. The van der Waals surface area contributed by atoms with Crippen LogP contribution in [0.5, 0.6) is 0 Å². The Morgan fingerprint density at radius 3 is 0.951 bits per heavy atom. The van der Waals surface area contributed by atoms with Crippen LogP contribution in [0.15, 0.2) is 89.6 Å². The number of nitrogens with one attached hydrogen (secondary N) is 9. The van der Waals surface area contributed by atoms with Crippen LogP contribution in [0.25, 0.3) is 44.1 Å². The highest BCUT2D eigenvalue weighted by molar-refractivity contribution is 5.94. The summed E-state index contributed by atoms with van der Waals surface area (Å²) in [4.78, 5) is 155. The van der Waals surface area contributed by atoms with Gasteiger partial charge in [-0.2, -0.15) is 15.0 Å².